The van der Waals surface area contributed by atoms with Gasteiger partial charge >= 0.3 is 0 Å². The van der Waals surface area contributed by atoms with Crippen LogP contribution in [0.2, 0.25) is 5.02 Å². The number of rotatable bonds is 5. The summed E-state index contributed by atoms with van der Waals surface area (Å²) in [5.41, 5.74) is 1.66. The minimum Gasteiger partial charge on any atom is -0.495 e. The van der Waals surface area contributed by atoms with Crippen molar-refractivity contribution in [3.8, 4) is 11.5 Å². The monoisotopic (exact) mass is 336 g/mol. The number of nitrogens with one attached hydrogen (secondary N) is 2. The molecule has 2 aromatic rings. The molecular weight excluding hydrogens is 320 g/mol. The third-order valence-corrected chi connectivity index (χ3v) is 3.33. The average molecular weight is 337 g/mol. The molecule has 0 bridgehead atoms. The fourth-order valence-electron chi connectivity index (χ4n) is 1.84. The highest BCUT2D eigenvalue weighted by Crippen LogP contribution is 2.27. The summed E-state index contributed by atoms with van der Waals surface area (Å²) >= 11 is 11.4. The molecule has 0 fully saturated rings. The zero-order valence-electron chi connectivity index (χ0n) is 12.4. The number of halogens is 1. The topological polar surface area (TPSA) is 42.5 Å². The maximum Gasteiger partial charge on any atom is 0.175 e. The van der Waals surface area contributed by atoms with Crippen molar-refractivity contribution in [1.29, 1.82) is 0 Å². The second-order valence-electron chi connectivity index (χ2n) is 4.39. The molecule has 116 valence electrons. The Morgan fingerprint density at radius 1 is 1.09 bits per heavy atom. The normalized spacial score (nSPS) is 9.95. The first-order valence-corrected chi connectivity index (χ1v) is 7.55. The summed E-state index contributed by atoms with van der Waals surface area (Å²) in [5, 5.41) is 7.17. The first kappa shape index (κ1) is 16.4. The molecule has 0 saturated carbocycles. The van der Waals surface area contributed by atoms with Crippen molar-refractivity contribution in [2.75, 3.05) is 24.4 Å². The van der Waals surface area contributed by atoms with Gasteiger partial charge < -0.3 is 20.1 Å². The van der Waals surface area contributed by atoms with E-state index >= 15 is 0 Å². The highest BCUT2D eigenvalue weighted by molar-refractivity contribution is 7.80. The quantitative estimate of drug-likeness (QED) is 0.784. The van der Waals surface area contributed by atoms with Gasteiger partial charge in [0.15, 0.2) is 5.11 Å². The number of thiocarbonyl (C=S) groups is 1. The van der Waals surface area contributed by atoms with Gasteiger partial charge in [0.2, 0.25) is 0 Å². The predicted molar refractivity (Wildman–Crippen MR) is 95.5 cm³/mol. The molecule has 0 heterocycles. The van der Waals surface area contributed by atoms with Crippen molar-refractivity contribution in [1.82, 2.24) is 0 Å². The van der Waals surface area contributed by atoms with Gasteiger partial charge in [-0.2, -0.15) is 0 Å². The van der Waals surface area contributed by atoms with Gasteiger partial charge in [-0.05, 0) is 61.6 Å². The van der Waals surface area contributed by atoms with Gasteiger partial charge in [-0.15, -0.1) is 0 Å². The lowest BCUT2D eigenvalue weighted by molar-refractivity contribution is 0.340. The second-order valence-corrected chi connectivity index (χ2v) is 5.20. The first-order chi connectivity index (χ1) is 10.6. The van der Waals surface area contributed by atoms with Crippen LogP contribution in [0.5, 0.6) is 11.5 Å². The van der Waals surface area contributed by atoms with E-state index in [9.17, 15) is 0 Å². The molecular formula is C16H17ClN2O2S. The maximum atomic E-state index is 6.08. The third kappa shape index (κ3) is 4.51. The van der Waals surface area contributed by atoms with Crippen molar-refractivity contribution in [2.24, 2.45) is 0 Å². The summed E-state index contributed by atoms with van der Waals surface area (Å²) in [6.45, 7) is 2.59. The van der Waals surface area contributed by atoms with Gasteiger partial charge in [0.1, 0.15) is 11.5 Å². The maximum absolute atomic E-state index is 6.08. The van der Waals surface area contributed by atoms with Crippen molar-refractivity contribution < 1.29 is 9.47 Å². The SMILES string of the molecule is CCOc1ccc(NC(=S)Nc2ccc(OC)c(Cl)c2)cc1. The number of anilines is 2. The minimum absolute atomic E-state index is 0.477. The molecule has 0 aliphatic heterocycles. The molecule has 2 N–H and O–H groups in total. The first-order valence-electron chi connectivity index (χ1n) is 6.76. The fourth-order valence-corrected chi connectivity index (χ4v) is 2.33. The number of benzene rings is 2. The summed E-state index contributed by atoms with van der Waals surface area (Å²) in [6.07, 6.45) is 0. The Kier molecular flexibility index (Phi) is 5.86. The van der Waals surface area contributed by atoms with E-state index in [2.05, 4.69) is 10.6 Å². The van der Waals surface area contributed by atoms with E-state index in [0.29, 0.717) is 22.5 Å². The van der Waals surface area contributed by atoms with Crippen LogP contribution in [0, 0.1) is 0 Å². The minimum atomic E-state index is 0.477. The van der Waals surface area contributed by atoms with Crippen molar-refractivity contribution >= 4 is 40.3 Å². The smallest absolute Gasteiger partial charge is 0.175 e. The fraction of sp³-hybridized carbons (Fsp3) is 0.188. The van der Waals surface area contributed by atoms with Crippen molar-refractivity contribution in [3.05, 3.63) is 47.5 Å². The van der Waals surface area contributed by atoms with Crippen molar-refractivity contribution in [3.63, 3.8) is 0 Å². The van der Waals surface area contributed by atoms with Crippen LogP contribution < -0.4 is 20.1 Å². The molecule has 0 aliphatic rings. The Labute approximate surface area is 140 Å². The largest absolute Gasteiger partial charge is 0.495 e. The zero-order chi connectivity index (χ0) is 15.9. The average Bonchev–Trinajstić information content (AvgIpc) is 2.50. The molecule has 0 aromatic heterocycles. The lowest BCUT2D eigenvalue weighted by atomic mass is 10.3. The molecule has 22 heavy (non-hydrogen) atoms. The lowest BCUT2D eigenvalue weighted by Crippen LogP contribution is -2.18. The van der Waals surface area contributed by atoms with E-state index in [0.717, 1.165) is 17.1 Å². The molecule has 6 heteroatoms. The highest BCUT2D eigenvalue weighted by Gasteiger charge is 2.04. The predicted octanol–water partition coefficient (Wildman–Crippen LogP) is 4.56. The lowest BCUT2D eigenvalue weighted by Gasteiger charge is -2.12. The van der Waals surface area contributed by atoms with Crippen LogP contribution >= 0.6 is 23.8 Å². The number of hydrogen-bond donors (Lipinski definition) is 2. The number of methoxy groups -OCH3 is 1. The Bertz CT molecular complexity index is 647. The molecule has 0 radical (unpaired) electrons. The molecule has 0 amide bonds. The highest BCUT2D eigenvalue weighted by atomic mass is 35.5. The summed E-state index contributed by atoms with van der Waals surface area (Å²) in [4.78, 5) is 0. The molecule has 0 aliphatic carbocycles. The molecule has 0 unspecified atom stereocenters. The number of ether oxygens (including phenoxy) is 2. The number of hydrogen-bond acceptors (Lipinski definition) is 3. The van der Waals surface area contributed by atoms with Crippen LogP contribution in [0.4, 0.5) is 11.4 Å². The molecule has 0 atom stereocenters. The van der Waals surface area contributed by atoms with Crippen LogP contribution in [0.3, 0.4) is 0 Å². The molecule has 2 aromatic carbocycles. The van der Waals surface area contributed by atoms with E-state index in [1.54, 1.807) is 19.2 Å². The standard InChI is InChI=1S/C16H17ClN2O2S/c1-3-21-13-7-4-11(5-8-13)18-16(22)19-12-6-9-15(20-2)14(17)10-12/h4-10H,3H2,1-2H3,(H2,18,19,22). The second kappa shape index (κ2) is 7.87. The zero-order valence-corrected chi connectivity index (χ0v) is 13.9. The Hall–Kier alpha value is -1.98. The summed E-state index contributed by atoms with van der Waals surface area (Å²) in [7, 11) is 1.58. The van der Waals surface area contributed by atoms with Gasteiger partial charge in [-0.25, -0.2) is 0 Å². The van der Waals surface area contributed by atoms with Crippen LogP contribution in [0.25, 0.3) is 0 Å². The Morgan fingerprint density at radius 3 is 2.32 bits per heavy atom. The van der Waals surface area contributed by atoms with Crippen LogP contribution in [0.1, 0.15) is 6.92 Å². The summed E-state index contributed by atoms with van der Waals surface area (Å²) in [5.74, 6) is 1.45. The van der Waals surface area contributed by atoms with Crippen LogP contribution in [-0.4, -0.2) is 18.8 Å². The summed E-state index contributed by atoms with van der Waals surface area (Å²) < 4.78 is 10.5. The van der Waals surface area contributed by atoms with Gasteiger partial charge in [-0.3, -0.25) is 0 Å². The summed E-state index contributed by atoms with van der Waals surface area (Å²) in [6, 6.07) is 13.0. The van der Waals surface area contributed by atoms with E-state index in [4.69, 9.17) is 33.3 Å². The molecule has 4 nitrogen and oxygen atoms in total. The van der Waals surface area contributed by atoms with E-state index in [-0.39, 0.29) is 0 Å². The Morgan fingerprint density at radius 2 is 1.73 bits per heavy atom. The van der Waals surface area contributed by atoms with Gasteiger partial charge in [0, 0.05) is 11.4 Å². The van der Waals surface area contributed by atoms with Crippen LogP contribution in [-0.2, 0) is 0 Å². The Balaban J connectivity index is 1.96. The molecule has 2 rings (SSSR count). The van der Waals surface area contributed by atoms with Gasteiger partial charge in [0.05, 0.1) is 18.7 Å². The molecule has 0 spiro atoms. The van der Waals surface area contributed by atoms with Gasteiger partial charge in [0.25, 0.3) is 0 Å². The third-order valence-electron chi connectivity index (χ3n) is 2.83. The van der Waals surface area contributed by atoms with Crippen LogP contribution in [0.15, 0.2) is 42.5 Å². The van der Waals surface area contributed by atoms with E-state index < -0.39 is 0 Å². The van der Waals surface area contributed by atoms with Gasteiger partial charge in [-0.1, -0.05) is 11.6 Å². The molecule has 0 saturated heterocycles. The van der Waals surface area contributed by atoms with E-state index in [1.165, 1.54) is 0 Å². The van der Waals surface area contributed by atoms with Crippen molar-refractivity contribution in [2.45, 2.75) is 6.92 Å². The van der Waals surface area contributed by atoms with E-state index in [1.807, 2.05) is 37.3 Å².